The van der Waals surface area contributed by atoms with Crippen LogP contribution in [0.2, 0.25) is 0 Å². The molecule has 0 saturated heterocycles. The molecule has 3 heteroatoms. The maximum atomic E-state index is 10.4. The molecule has 12 rings (SSSR count). The van der Waals surface area contributed by atoms with Gasteiger partial charge in [0.2, 0.25) is 0 Å². The molecule has 61 heavy (non-hydrogen) atoms. The van der Waals surface area contributed by atoms with Gasteiger partial charge < -0.3 is 13.9 Å². The van der Waals surface area contributed by atoms with Gasteiger partial charge in [0, 0.05) is 49.9 Å². The number of benzene rings is 10. The third kappa shape index (κ3) is 5.90. The van der Waals surface area contributed by atoms with E-state index < -0.39 is 340 Å². The molecule has 0 N–H and O–H groups in total. The second-order valence-electron chi connectivity index (χ2n) is 12.8. The molecule has 0 bridgehead atoms. The van der Waals surface area contributed by atoms with Crippen LogP contribution in [-0.2, 0) is 0 Å². The normalized spacial score (nSPS) is 20.3. The second-order valence-corrected chi connectivity index (χ2v) is 12.8. The predicted octanol–water partition coefficient (Wildman–Crippen LogP) is 16.3. The van der Waals surface area contributed by atoms with Gasteiger partial charge in [0.15, 0.2) is 0 Å². The van der Waals surface area contributed by atoms with Crippen LogP contribution in [0.3, 0.4) is 0 Å². The number of anilines is 3. The van der Waals surface area contributed by atoms with Crippen LogP contribution in [0.5, 0.6) is 0 Å². The van der Waals surface area contributed by atoms with Gasteiger partial charge in [-0.3, -0.25) is 0 Å². The number of rotatable bonds is 7. The number of aromatic nitrogens is 1. The van der Waals surface area contributed by atoms with Gasteiger partial charge in [-0.1, -0.05) is 163 Å². The molecular formula is C58H38N2O. The highest BCUT2D eigenvalue weighted by Crippen LogP contribution is 2.44. The van der Waals surface area contributed by atoms with Crippen molar-refractivity contribution in [2.75, 3.05) is 4.90 Å². The fraction of sp³-hybridized carbons (Fsp3) is 0. The zero-order valence-corrected chi connectivity index (χ0v) is 30.3. The van der Waals surface area contributed by atoms with Crippen molar-refractivity contribution in [3.05, 3.63) is 230 Å². The monoisotopic (exact) mass is 817 g/mol. The average Bonchev–Trinajstić information content (AvgIpc) is 1.64. The standard InChI is InChI=1S/C58H38N2O/c1-2-13-39(14-3-1)40-25-31-44(32-26-40)59(45-33-27-42(28-34-45)49-21-12-16-41-15-4-5-17-48(41)49)47-37-53(58-54(38-47)52-20-8-11-24-57(52)61-58)43-29-35-46(36-30-43)60-55-22-9-6-18-50(55)51-19-7-10-23-56(51)60/h1-38H/i1D,2D,3D,4D,5D,6D,7D,8D,9D,10D,11D,12D,13D,14D,15D,16D,17D,18D,19D,20D,21D,22D,23D,24D,25D,26D,27D,28D,29D,30D,31D,32D,33D,34D,35D,36D,37D,38D. The first-order chi connectivity index (χ1) is 46.1. The van der Waals surface area contributed by atoms with Gasteiger partial charge in [-0.15, -0.1) is 0 Å². The summed E-state index contributed by atoms with van der Waals surface area (Å²) in [6, 6.07) is -42.1. The quantitative estimate of drug-likeness (QED) is 0.160. The Hall–Kier alpha value is -8.14. The van der Waals surface area contributed by atoms with Gasteiger partial charge in [0.25, 0.3) is 0 Å². The molecule has 0 unspecified atom stereocenters. The molecule has 3 nitrogen and oxygen atoms in total. The first-order valence-corrected chi connectivity index (χ1v) is 17.7. The van der Waals surface area contributed by atoms with Crippen molar-refractivity contribution in [1.82, 2.24) is 4.57 Å². The maximum Gasteiger partial charge on any atom is 0.143 e. The summed E-state index contributed by atoms with van der Waals surface area (Å²) >= 11 is 0. The lowest BCUT2D eigenvalue weighted by Crippen LogP contribution is -2.10. The number of furan rings is 1. The van der Waals surface area contributed by atoms with E-state index in [9.17, 15) is 20.6 Å². The van der Waals surface area contributed by atoms with E-state index in [0.29, 0.717) is 4.57 Å². The molecule has 0 aliphatic heterocycles. The molecule has 0 radical (unpaired) electrons. The number of hydrogen-bond acceptors (Lipinski definition) is 2. The minimum atomic E-state index is -1.43. The SMILES string of the molecule is [2H]c1c([2H])c([2H])c(-c2c([2H])c([2H])c(N(c3c([2H])c([2H])c(-c4c([2H])c([2H])c([2H])c5c([2H])c([2H])c([2H])c([2H])c45)c([2H])c3[2H])c3c([2H])c(-c4c([2H])c([2H])c(-n5c6c([2H])c([2H])c([2H])c([2H])c6c6c([2H])c([2H])c([2H])c([2H])c65)c([2H])c4[2H])c4oc5c([2H])c([2H])c([2H])c([2H])c5c4c3[2H])c([2H])c2[2H])c([2H])c1[2H]. The van der Waals surface area contributed by atoms with Gasteiger partial charge in [-0.05, 0) is 105 Å². The lowest BCUT2D eigenvalue weighted by Gasteiger charge is -2.27. The summed E-state index contributed by atoms with van der Waals surface area (Å²) in [5, 5.41) is -4.28. The van der Waals surface area contributed by atoms with E-state index in [-0.39, 0.29) is 4.90 Å². The Bertz CT molecular complexity index is 5650. The van der Waals surface area contributed by atoms with Crippen molar-refractivity contribution in [3.63, 3.8) is 0 Å². The number of hydrogen-bond donors (Lipinski definition) is 0. The minimum Gasteiger partial charge on any atom is -0.455 e. The molecule has 2 heterocycles. The number of nitrogens with zero attached hydrogens (tertiary/aromatic N) is 2. The summed E-state index contributed by atoms with van der Waals surface area (Å²) in [5.74, 6) is 0. The first-order valence-electron chi connectivity index (χ1n) is 36.7. The molecule has 0 amide bonds. The van der Waals surface area contributed by atoms with Gasteiger partial charge in [0.05, 0.1) is 63.1 Å². The van der Waals surface area contributed by atoms with Gasteiger partial charge in [0.1, 0.15) is 11.2 Å². The first kappa shape index (κ1) is 13.7. The Morgan fingerprint density at radius 1 is 0.361 bits per heavy atom. The fourth-order valence-corrected chi connectivity index (χ4v) is 6.71. The van der Waals surface area contributed by atoms with Crippen molar-refractivity contribution in [1.29, 1.82) is 0 Å². The van der Waals surface area contributed by atoms with Crippen LogP contribution >= 0.6 is 0 Å². The fourth-order valence-electron chi connectivity index (χ4n) is 6.71. The summed E-state index contributed by atoms with van der Waals surface area (Å²) in [6.07, 6.45) is 0. The molecule has 0 atom stereocenters. The highest BCUT2D eigenvalue weighted by Gasteiger charge is 2.21. The Morgan fingerprint density at radius 3 is 1.59 bits per heavy atom. The van der Waals surface area contributed by atoms with Crippen LogP contribution < -0.4 is 4.90 Å². The Balaban J connectivity index is 1.31. The van der Waals surface area contributed by atoms with E-state index in [2.05, 4.69) is 0 Å². The van der Waals surface area contributed by atoms with Crippen molar-refractivity contribution >= 4 is 71.6 Å². The van der Waals surface area contributed by atoms with Crippen LogP contribution in [0.25, 0.3) is 93.6 Å². The minimum absolute atomic E-state index is 0.229. The van der Waals surface area contributed by atoms with E-state index >= 15 is 0 Å². The van der Waals surface area contributed by atoms with Gasteiger partial charge in [-0.25, -0.2) is 0 Å². The molecule has 12 aromatic rings. The van der Waals surface area contributed by atoms with Crippen LogP contribution in [0.4, 0.5) is 17.1 Å². The van der Waals surface area contributed by atoms with E-state index in [1.54, 1.807) is 0 Å². The van der Waals surface area contributed by atoms with Crippen molar-refractivity contribution in [2.45, 2.75) is 0 Å². The van der Waals surface area contributed by atoms with E-state index in [1.807, 2.05) is 0 Å². The van der Waals surface area contributed by atoms with Crippen molar-refractivity contribution in [2.24, 2.45) is 0 Å². The van der Waals surface area contributed by atoms with Gasteiger partial charge in [-0.2, -0.15) is 0 Å². The molecule has 286 valence electrons. The zero-order chi connectivity index (χ0) is 73.3. The second kappa shape index (κ2) is 14.3. The highest BCUT2D eigenvalue weighted by atomic mass is 16.3. The molecule has 0 fully saturated rings. The Kier molecular flexibility index (Phi) is 3.21. The number of para-hydroxylation sites is 3. The summed E-state index contributed by atoms with van der Waals surface area (Å²) in [4.78, 5) is 0.229. The summed E-state index contributed by atoms with van der Waals surface area (Å²) in [7, 11) is 0. The molecule has 0 aliphatic carbocycles. The van der Waals surface area contributed by atoms with E-state index in [0.717, 1.165) is 0 Å². The van der Waals surface area contributed by atoms with Crippen LogP contribution in [0.15, 0.2) is 234 Å². The summed E-state index contributed by atoms with van der Waals surface area (Å²) in [6.45, 7) is 0. The van der Waals surface area contributed by atoms with Crippen molar-refractivity contribution < 1.29 is 56.5 Å². The summed E-state index contributed by atoms with van der Waals surface area (Å²) < 4.78 is 355. The molecule has 0 aliphatic rings. The highest BCUT2D eigenvalue weighted by molar-refractivity contribution is 6.12. The zero-order valence-electron chi connectivity index (χ0n) is 68.3. The topological polar surface area (TPSA) is 21.3 Å². The third-order valence-electron chi connectivity index (χ3n) is 9.37. The summed E-state index contributed by atoms with van der Waals surface area (Å²) in [5.41, 5.74) is -14.2. The average molecular weight is 817 g/mol. The van der Waals surface area contributed by atoms with Gasteiger partial charge >= 0.3 is 0 Å². The lowest BCUT2D eigenvalue weighted by molar-refractivity contribution is 0.670. The smallest absolute Gasteiger partial charge is 0.143 e. The Labute approximate surface area is 407 Å². The molecular weight excluding hydrogens is 741 g/mol. The van der Waals surface area contributed by atoms with Crippen LogP contribution in [-0.4, -0.2) is 4.57 Å². The largest absolute Gasteiger partial charge is 0.455 e. The number of fused-ring (bicyclic) bond motifs is 7. The predicted molar refractivity (Wildman–Crippen MR) is 257 cm³/mol. The molecule has 10 aromatic carbocycles. The molecule has 2 aromatic heterocycles. The van der Waals surface area contributed by atoms with E-state index in [1.165, 1.54) is 0 Å². The lowest BCUT2D eigenvalue weighted by atomic mass is 9.97. The molecule has 0 saturated carbocycles. The van der Waals surface area contributed by atoms with E-state index in [4.69, 9.17) is 35.9 Å². The Morgan fingerprint density at radius 2 is 0.885 bits per heavy atom. The van der Waals surface area contributed by atoms with Crippen LogP contribution in [0, 0.1) is 0 Å². The van der Waals surface area contributed by atoms with Crippen LogP contribution in [0.1, 0.15) is 52.1 Å². The third-order valence-corrected chi connectivity index (χ3v) is 9.37. The maximum absolute atomic E-state index is 10.4. The van der Waals surface area contributed by atoms with Crippen molar-refractivity contribution in [3.8, 4) is 39.1 Å². The molecule has 0 spiro atoms.